The number of allylic oxidation sites excluding steroid dienone is 2. The van der Waals surface area contributed by atoms with Crippen LogP contribution in [0.3, 0.4) is 0 Å². The Kier molecular flexibility index (Phi) is 8.67. The van der Waals surface area contributed by atoms with E-state index in [4.69, 9.17) is 15.7 Å². The summed E-state index contributed by atoms with van der Waals surface area (Å²) in [6.07, 6.45) is 2.03. The van der Waals surface area contributed by atoms with Crippen LogP contribution in [-0.2, 0) is 15.0 Å². The number of carboxylic acid groups (broad SMARTS) is 1. The zero-order chi connectivity index (χ0) is 31.9. The Balaban J connectivity index is 1.73. The summed E-state index contributed by atoms with van der Waals surface area (Å²) in [5.41, 5.74) is 17.3. The number of hydrogen-bond acceptors (Lipinski definition) is 5. The van der Waals surface area contributed by atoms with Gasteiger partial charge < -0.3 is 20.8 Å². The maximum Gasteiger partial charge on any atom is 0.303 e. The van der Waals surface area contributed by atoms with E-state index in [2.05, 4.69) is 75.8 Å². The Morgan fingerprint density at radius 3 is 2.18 bits per heavy atom. The van der Waals surface area contributed by atoms with Crippen LogP contribution in [0.4, 0.5) is 0 Å². The molecule has 0 spiro atoms. The summed E-state index contributed by atoms with van der Waals surface area (Å²) >= 11 is 0. The smallest absolute Gasteiger partial charge is 0.303 e. The molecule has 8 bridgehead atoms. The Hall–Kier alpha value is -4.04. The van der Waals surface area contributed by atoms with Crippen LogP contribution in [0.2, 0.25) is 0 Å². The minimum absolute atomic E-state index is 0.0105. The van der Waals surface area contributed by atoms with Crippen molar-refractivity contribution in [2.24, 2.45) is 11.7 Å². The number of carbonyl (C=O) groups excluding carboxylic acids is 1. The molecular weight excluding hydrogens is 550 g/mol. The maximum atomic E-state index is 13.1. The number of aliphatic carboxylic acids is 1. The van der Waals surface area contributed by atoms with E-state index in [-0.39, 0.29) is 23.5 Å². The van der Waals surface area contributed by atoms with Crippen molar-refractivity contribution in [3.8, 4) is 0 Å². The molecule has 0 radical (unpaired) electrons. The van der Waals surface area contributed by atoms with Crippen molar-refractivity contribution in [3.63, 3.8) is 0 Å². The number of nitrogens with one attached hydrogen (secondary N) is 2. The van der Waals surface area contributed by atoms with Crippen LogP contribution in [0, 0.1) is 19.8 Å². The third-order valence-corrected chi connectivity index (χ3v) is 9.24. The minimum Gasteiger partial charge on any atom is -0.481 e. The van der Waals surface area contributed by atoms with Crippen molar-refractivity contribution in [2.45, 2.75) is 97.9 Å². The summed E-state index contributed by atoms with van der Waals surface area (Å²) in [6, 6.07) is 12.0. The topological polar surface area (TPSA) is 138 Å². The number of carbonyl (C=O) groups is 2. The van der Waals surface area contributed by atoms with Gasteiger partial charge in [-0.15, -0.1) is 0 Å². The first kappa shape index (κ1) is 31.4. The van der Waals surface area contributed by atoms with E-state index in [0.29, 0.717) is 31.6 Å². The van der Waals surface area contributed by atoms with Crippen molar-refractivity contribution in [1.82, 2.24) is 19.9 Å². The van der Waals surface area contributed by atoms with Crippen molar-refractivity contribution < 1.29 is 14.7 Å². The molecule has 3 aromatic heterocycles. The standard InChI is InChI=1S/C36H45N5O3/c1-19(2)12-27(37)33(42)10-9-26-32-17-31-25(8-11-35(43)44)22(5)30(40-31)16-24-13-20(3)28(38-24)15-23-14-21(4)29(39-23)18-34(41-32)36(26,6)7/h13-19,26-27,38-39H,8-12,37H2,1-7H3,(H,43,44)/t26-,27-/m0/s1. The first-order valence-corrected chi connectivity index (χ1v) is 15.6. The molecule has 5 heterocycles. The predicted molar refractivity (Wildman–Crippen MR) is 177 cm³/mol. The molecule has 2 atom stereocenters. The minimum atomic E-state index is -0.847. The molecule has 0 saturated heterocycles. The van der Waals surface area contributed by atoms with Gasteiger partial charge in [0.05, 0.1) is 17.4 Å². The Morgan fingerprint density at radius 1 is 0.909 bits per heavy atom. The van der Waals surface area contributed by atoms with Crippen LogP contribution in [0.1, 0.15) is 107 Å². The number of rotatable bonds is 9. The molecule has 0 unspecified atom stereocenters. The fourth-order valence-corrected chi connectivity index (χ4v) is 6.55. The van der Waals surface area contributed by atoms with Crippen molar-refractivity contribution in [2.75, 3.05) is 0 Å². The first-order chi connectivity index (χ1) is 20.7. The third kappa shape index (κ3) is 6.41. The van der Waals surface area contributed by atoms with Gasteiger partial charge in [0.15, 0.2) is 0 Å². The zero-order valence-corrected chi connectivity index (χ0v) is 27.0. The average molecular weight is 596 g/mol. The summed E-state index contributed by atoms with van der Waals surface area (Å²) in [4.78, 5) is 42.0. The van der Waals surface area contributed by atoms with Crippen LogP contribution in [0.15, 0.2) is 36.4 Å². The SMILES string of the molecule is CC1=C(CCC(=O)O)c2cc3nc(cc4[nH]c(cc4C)cc4[nH]c(cc1n2)cc4C)C(C)(C)[C@H]3CCC(=O)[C@@H](N)CC(C)C. The van der Waals surface area contributed by atoms with Crippen LogP contribution in [0.5, 0.6) is 0 Å². The van der Waals surface area contributed by atoms with Gasteiger partial charge in [-0.1, -0.05) is 27.7 Å². The molecule has 0 fully saturated rings. The van der Waals surface area contributed by atoms with E-state index in [1.807, 2.05) is 19.1 Å². The Bertz CT molecular complexity index is 1810. The monoisotopic (exact) mass is 595 g/mol. The quantitative estimate of drug-likeness (QED) is 0.202. The van der Waals surface area contributed by atoms with Crippen LogP contribution in [-0.4, -0.2) is 42.8 Å². The molecule has 8 nitrogen and oxygen atoms in total. The van der Waals surface area contributed by atoms with Crippen molar-refractivity contribution in [1.29, 1.82) is 0 Å². The van der Waals surface area contributed by atoms with Gasteiger partial charge in [-0.05, 0) is 105 Å². The molecule has 5 rings (SSSR count). The summed E-state index contributed by atoms with van der Waals surface area (Å²) in [5, 5.41) is 9.51. The summed E-state index contributed by atoms with van der Waals surface area (Å²) in [7, 11) is 0. The van der Waals surface area contributed by atoms with Crippen molar-refractivity contribution >= 4 is 45.0 Å². The molecule has 8 heteroatoms. The number of ketones is 1. The van der Waals surface area contributed by atoms with Gasteiger partial charge >= 0.3 is 5.97 Å². The van der Waals surface area contributed by atoms with Crippen molar-refractivity contribution in [3.05, 3.63) is 70.3 Å². The fraction of sp³-hybridized carbons (Fsp3) is 0.444. The molecular formula is C36H45N5O3. The van der Waals surface area contributed by atoms with E-state index in [1.165, 1.54) is 0 Å². The first-order valence-electron chi connectivity index (χ1n) is 15.6. The number of aromatic nitrogens is 4. The van der Waals surface area contributed by atoms with Crippen LogP contribution in [0.25, 0.3) is 33.2 Å². The van der Waals surface area contributed by atoms with E-state index in [9.17, 15) is 14.7 Å². The average Bonchev–Trinajstić information content (AvgIpc) is 3.60. The van der Waals surface area contributed by atoms with Gasteiger partial charge in [-0.2, -0.15) is 0 Å². The lowest BCUT2D eigenvalue weighted by Crippen LogP contribution is -2.32. The number of H-pyrrole nitrogens is 2. The highest BCUT2D eigenvalue weighted by Gasteiger charge is 2.40. The summed E-state index contributed by atoms with van der Waals surface area (Å²) < 4.78 is 0. The van der Waals surface area contributed by atoms with Gasteiger partial charge in [0.1, 0.15) is 5.78 Å². The van der Waals surface area contributed by atoms with Gasteiger partial charge in [-0.25, -0.2) is 4.98 Å². The summed E-state index contributed by atoms with van der Waals surface area (Å²) in [5.74, 6) is -0.472. The van der Waals surface area contributed by atoms with Gasteiger partial charge in [-0.3, -0.25) is 14.6 Å². The number of Topliss-reactive ketones (excluding diaryl/α,β-unsaturated/α-hetero) is 1. The number of nitrogens with two attached hydrogens (primary N) is 1. The van der Waals surface area contributed by atoms with E-state index in [1.54, 1.807) is 0 Å². The number of aryl methyl sites for hydroxylation is 2. The predicted octanol–water partition coefficient (Wildman–Crippen LogP) is 7.51. The Labute approximate surface area is 259 Å². The number of aromatic amines is 2. The normalized spacial score (nSPS) is 16.9. The van der Waals surface area contributed by atoms with Gasteiger partial charge in [0.2, 0.25) is 0 Å². The lowest BCUT2D eigenvalue weighted by molar-refractivity contribution is -0.136. The number of fused-ring (bicyclic) bond motifs is 8. The fourth-order valence-electron chi connectivity index (χ4n) is 6.55. The molecule has 44 heavy (non-hydrogen) atoms. The second kappa shape index (κ2) is 12.2. The number of hydrogen-bond donors (Lipinski definition) is 4. The van der Waals surface area contributed by atoms with Crippen LogP contribution >= 0.6 is 0 Å². The molecule has 2 aliphatic heterocycles. The molecule has 2 aliphatic rings. The molecule has 0 aliphatic carbocycles. The van der Waals surface area contributed by atoms with Crippen LogP contribution < -0.4 is 5.73 Å². The lowest BCUT2D eigenvalue weighted by atomic mass is 9.74. The number of carboxylic acids is 1. The second-order valence-electron chi connectivity index (χ2n) is 13.5. The highest BCUT2D eigenvalue weighted by atomic mass is 16.4. The molecule has 0 aromatic carbocycles. The second-order valence-corrected chi connectivity index (χ2v) is 13.5. The lowest BCUT2D eigenvalue weighted by Gasteiger charge is -2.27. The largest absolute Gasteiger partial charge is 0.481 e. The maximum absolute atomic E-state index is 13.1. The van der Waals surface area contributed by atoms with Gasteiger partial charge in [0.25, 0.3) is 0 Å². The summed E-state index contributed by atoms with van der Waals surface area (Å²) in [6.45, 7) is 14.7. The Morgan fingerprint density at radius 2 is 1.55 bits per heavy atom. The molecule has 3 aromatic rings. The molecule has 0 saturated carbocycles. The van der Waals surface area contributed by atoms with E-state index < -0.39 is 12.0 Å². The molecule has 232 valence electrons. The van der Waals surface area contributed by atoms with Gasteiger partial charge in [0, 0.05) is 57.6 Å². The van der Waals surface area contributed by atoms with E-state index in [0.717, 1.165) is 67.1 Å². The van der Waals surface area contributed by atoms with E-state index >= 15 is 0 Å². The third-order valence-electron chi connectivity index (χ3n) is 9.24. The molecule has 0 amide bonds. The zero-order valence-electron chi connectivity index (χ0n) is 27.0. The molecule has 5 N–H and O–H groups in total. The highest BCUT2D eigenvalue weighted by molar-refractivity contribution is 5.93. The number of nitrogens with zero attached hydrogens (tertiary/aromatic N) is 2. The highest BCUT2D eigenvalue weighted by Crippen LogP contribution is 2.45.